The van der Waals surface area contributed by atoms with Gasteiger partial charge in [-0.15, -0.1) is 42.0 Å². The van der Waals surface area contributed by atoms with Crippen LogP contribution < -0.4 is 4.40 Å². The summed E-state index contributed by atoms with van der Waals surface area (Å²) < 4.78 is 12.5. The Bertz CT molecular complexity index is 3310. The van der Waals surface area contributed by atoms with Gasteiger partial charge < -0.3 is 4.98 Å². The Kier molecular flexibility index (Phi) is 13.3. The van der Waals surface area contributed by atoms with Crippen molar-refractivity contribution in [3.05, 3.63) is 193 Å². The smallest absolute Gasteiger partial charge is 0.0160 e. The second kappa shape index (κ2) is 19.0. The Hall–Kier alpha value is -5.30. The zero-order valence-corrected chi connectivity index (χ0v) is 46.3. The van der Waals surface area contributed by atoms with Gasteiger partial charge in [-0.05, 0) is 29.0 Å². The number of pyridine rings is 1. The van der Waals surface area contributed by atoms with Crippen LogP contribution in [0.4, 0.5) is 0 Å². The van der Waals surface area contributed by atoms with Crippen molar-refractivity contribution in [2.24, 2.45) is 0 Å². The van der Waals surface area contributed by atoms with Crippen LogP contribution in [0.2, 0.25) is 27.1 Å². The molecule has 0 bridgehead atoms. The zero-order chi connectivity index (χ0) is 45.7. The first-order valence-corrected chi connectivity index (χ1v) is 37.3. The first-order valence-electron chi connectivity index (χ1n) is 23.5. The number of aromatic nitrogens is 3. The molecule has 0 aliphatic carbocycles. The van der Waals surface area contributed by atoms with Crippen LogP contribution in [0.5, 0.6) is 0 Å². The third-order valence-corrected chi connectivity index (χ3v) is 44.1. The Balaban J connectivity index is 0.000000375. The first-order chi connectivity index (χ1) is 31.8. The quantitative estimate of drug-likeness (QED) is 0.118. The normalized spacial score (nSPS) is 13.9. The van der Waals surface area contributed by atoms with E-state index in [1.807, 2.05) is 48.5 Å². The molecule has 10 aromatic rings. The zero-order valence-electron chi connectivity index (χ0n) is 39.7. The number of benzene rings is 7. The summed E-state index contributed by atoms with van der Waals surface area (Å²) in [5, 5.41) is 3.53. The van der Waals surface area contributed by atoms with Crippen molar-refractivity contribution in [3.8, 4) is 50.6 Å². The predicted molar refractivity (Wildman–Crippen MR) is 283 cm³/mol. The van der Waals surface area contributed by atoms with Crippen LogP contribution in [0, 0.1) is 12.1 Å². The van der Waals surface area contributed by atoms with Gasteiger partial charge in [-0.2, -0.15) is 0 Å². The van der Waals surface area contributed by atoms with E-state index in [9.17, 15) is 0 Å². The van der Waals surface area contributed by atoms with Crippen LogP contribution in [0.25, 0.3) is 83.6 Å². The number of imidazole rings is 1. The number of fused-ring (bicyclic) bond motifs is 5. The van der Waals surface area contributed by atoms with Gasteiger partial charge in [0.15, 0.2) is 0 Å². The maximum atomic E-state index is 6.82. The second-order valence-electron chi connectivity index (χ2n) is 20.1. The molecular weight excluding hydrogens is 1120 g/mol. The van der Waals surface area contributed by atoms with Gasteiger partial charge in [0.1, 0.15) is 5.58 Å². The molecule has 0 atom stereocenters. The largest absolute Gasteiger partial charge is 0.305 e. The summed E-state index contributed by atoms with van der Waals surface area (Å²) in [6, 6.07) is 62.7. The van der Waals surface area contributed by atoms with E-state index in [1.165, 1.54) is 38.8 Å². The molecule has 7 aromatic carbocycles. The summed E-state index contributed by atoms with van der Waals surface area (Å²) in [5.41, 5.74) is 17.2. The molecule has 0 saturated heterocycles. The maximum absolute atomic E-state index is 6.82. The molecule has 1 radical (unpaired) electrons. The van der Waals surface area contributed by atoms with E-state index in [0.29, 0.717) is 0 Å². The minimum Gasteiger partial charge on any atom is -0.305 e. The summed E-state index contributed by atoms with van der Waals surface area (Å²) in [6.45, 7) is 9.34. The molecule has 11 rings (SSSR count). The first kappa shape index (κ1) is 46.8. The van der Waals surface area contributed by atoms with E-state index >= 15 is 0 Å². The summed E-state index contributed by atoms with van der Waals surface area (Å²) in [4.78, 5) is 9.60. The van der Waals surface area contributed by atoms with E-state index in [4.69, 9.17) is 9.40 Å². The SMILES string of the molecule is CC(C)c1cc(-c2ccc3[c](c2)[Ge]([CH3])([CH3])[CH2][Ge]([CH3])([CH3])[CH2]3)cc(C(C)C)c1-n1c(-c2[c-]ccc3c2oc2cc(-c4ccccc4)ccc23)nc2ccccc21.[Ir].[c-]1ccccc1-c1ccccn1. The van der Waals surface area contributed by atoms with Gasteiger partial charge in [0.05, 0.1) is 0 Å². The Labute approximate surface area is 415 Å². The molecule has 0 amide bonds. The van der Waals surface area contributed by atoms with Crippen LogP contribution in [-0.4, -0.2) is 41.1 Å². The summed E-state index contributed by atoms with van der Waals surface area (Å²) in [5.74, 6) is 12.0. The molecule has 0 saturated carbocycles. The molecule has 337 valence electrons. The molecule has 0 unspecified atom stereocenters. The minimum absolute atomic E-state index is 0. The average molecular weight is 1170 g/mol. The topological polar surface area (TPSA) is 43.9 Å². The number of para-hydroxylation sites is 2. The van der Waals surface area contributed by atoms with Crippen LogP contribution in [-0.2, 0) is 25.4 Å². The van der Waals surface area contributed by atoms with Crippen molar-refractivity contribution in [3.63, 3.8) is 0 Å². The number of nitrogens with zero attached hydrogens (tertiary/aromatic N) is 3. The number of furan rings is 1. The predicted octanol–water partition coefficient (Wildman–Crippen LogP) is 15.8. The summed E-state index contributed by atoms with van der Waals surface area (Å²) in [6.07, 6.45) is 1.79. The van der Waals surface area contributed by atoms with Gasteiger partial charge in [0.2, 0.25) is 0 Å². The van der Waals surface area contributed by atoms with E-state index in [2.05, 4.69) is 182 Å². The number of hydrogen-bond donors (Lipinski definition) is 0. The minimum atomic E-state index is -2.11. The Morgan fingerprint density at radius 2 is 1.33 bits per heavy atom. The Morgan fingerprint density at radius 1 is 0.627 bits per heavy atom. The van der Waals surface area contributed by atoms with Crippen LogP contribution >= 0.6 is 0 Å². The fraction of sp³-hybridized carbons (Fsp3) is 0.200. The number of rotatable bonds is 7. The molecule has 1 aliphatic rings. The summed E-state index contributed by atoms with van der Waals surface area (Å²) in [7, 11) is 0. The van der Waals surface area contributed by atoms with Gasteiger partial charge in [-0.25, -0.2) is 0 Å². The molecule has 1 aliphatic heterocycles. The van der Waals surface area contributed by atoms with E-state index < -0.39 is 26.5 Å². The molecule has 67 heavy (non-hydrogen) atoms. The van der Waals surface area contributed by atoms with Gasteiger partial charge in [0, 0.05) is 31.7 Å². The molecule has 0 spiro atoms. The fourth-order valence-electron chi connectivity index (χ4n) is 10.6. The van der Waals surface area contributed by atoms with Gasteiger partial charge >= 0.3 is 250 Å². The fourth-order valence-corrected chi connectivity index (χ4v) is 52.7. The maximum Gasteiger partial charge on any atom is 0.0160 e. The third kappa shape index (κ3) is 9.21. The van der Waals surface area contributed by atoms with Crippen molar-refractivity contribution >= 4 is 63.9 Å². The van der Waals surface area contributed by atoms with E-state index in [-0.39, 0.29) is 31.9 Å². The van der Waals surface area contributed by atoms with Crippen molar-refractivity contribution in [2.45, 2.75) is 71.9 Å². The van der Waals surface area contributed by atoms with Crippen molar-refractivity contribution in [1.29, 1.82) is 0 Å². The molecule has 0 fully saturated rings. The van der Waals surface area contributed by atoms with Gasteiger partial charge in [-0.1, -0.05) is 54.6 Å². The third-order valence-electron chi connectivity index (χ3n) is 13.4. The van der Waals surface area contributed by atoms with E-state index in [0.717, 1.165) is 61.2 Å². The van der Waals surface area contributed by atoms with Crippen molar-refractivity contribution in [1.82, 2.24) is 14.5 Å². The van der Waals surface area contributed by atoms with Gasteiger partial charge in [0.25, 0.3) is 0 Å². The monoisotopic (exact) mass is 1180 g/mol. The van der Waals surface area contributed by atoms with Crippen LogP contribution in [0.3, 0.4) is 0 Å². The average Bonchev–Trinajstić information content (AvgIpc) is 3.90. The van der Waals surface area contributed by atoms with Crippen molar-refractivity contribution in [2.75, 3.05) is 0 Å². The van der Waals surface area contributed by atoms with Gasteiger partial charge in [-0.3, -0.25) is 0 Å². The molecule has 7 heteroatoms. The summed E-state index contributed by atoms with van der Waals surface area (Å²) >= 11 is -3.86. The molecule has 4 heterocycles. The van der Waals surface area contributed by atoms with Crippen LogP contribution in [0.1, 0.15) is 56.2 Å². The molecule has 4 nitrogen and oxygen atoms in total. The molecule has 0 N–H and O–H groups in total. The standard InChI is InChI=1S/C49H49Ge2N2O.C11H8N.Ir/c1-31(2)41-25-37(34-21-22-36-29-50(5,6)30-51(7,8)43(36)27-34)26-42(32(3)4)47(41)53-45-20-13-12-19-44(45)52-49(53)40-18-14-17-39-38-24-23-35(28-46(38)54-48(39)40)33-15-10-9-11-16-33;1-2-6-10(7-3-1)11-8-4-5-9-12-11;/h9-17,19-28,31-32H,29-30H2,1-8H3;1-6,8-9H;/q2*-1;. The molecular formula is C60H57Ge2IrN3O-2. The van der Waals surface area contributed by atoms with Crippen molar-refractivity contribution < 1.29 is 24.5 Å². The molecule has 3 aromatic heterocycles. The number of hydrogen-bond acceptors (Lipinski definition) is 3. The Morgan fingerprint density at radius 3 is 2.04 bits per heavy atom. The van der Waals surface area contributed by atoms with Crippen LogP contribution in [0.15, 0.2) is 168 Å². The second-order valence-corrected chi connectivity index (χ2v) is 43.6. The van der Waals surface area contributed by atoms with E-state index in [1.54, 1.807) is 20.2 Å².